The first-order chi connectivity index (χ1) is 23.0. The number of carbonyl (C=O) groups is 2. The third kappa shape index (κ3) is 8.72. The highest BCUT2D eigenvalue weighted by Crippen LogP contribution is 2.27. The SMILES string of the molecule is Cc1ccc(CN(C(=O)CN(c2ccc(C)c(C)c2)S(=O)(=O)c2ccc(C)cc2)[C@H](Cc2ccccc2)C(=O)NC2CCCCC2)cc1. The van der Waals surface area contributed by atoms with Crippen LogP contribution in [0.1, 0.15) is 65.5 Å². The molecule has 8 heteroatoms. The van der Waals surface area contributed by atoms with Crippen LogP contribution in [0.25, 0.3) is 0 Å². The van der Waals surface area contributed by atoms with E-state index in [0.29, 0.717) is 12.1 Å². The van der Waals surface area contributed by atoms with Gasteiger partial charge in [0.15, 0.2) is 0 Å². The highest BCUT2D eigenvalue weighted by molar-refractivity contribution is 7.92. The van der Waals surface area contributed by atoms with Crippen LogP contribution in [0, 0.1) is 27.7 Å². The molecule has 0 saturated heterocycles. The lowest BCUT2D eigenvalue weighted by atomic mass is 9.94. The van der Waals surface area contributed by atoms with Crippen LogP contribution in [0.4, 0.5) is 5.69 Å². The molecule has 1 saturated carbocycles. The molecule has 7 nitrogen and oxygen atoms in total. The maximum absolute atomic E-state index is 14.8. The minimum absolute atomic E-state index is 0.0507. The summed E-state index contributed by atoms with van der Waals surface area (Å²) in [6.45, 7) is 7.47. The van der Waals surface area contributed by atoms with Crippen molar-refractivity contribution in [3.05, 3.63) is 130 Å². The molecule has 1 N–H and O–H groups in total. The van der Waals surface area contributed by atoms with Crippen molar-refractivity contribution in [3.8, 4) is 0 Å². The van der Waals surface area contributed by atoms with Gasteiger partial charge in [-0.15, -0.1) is 0 Å². The number of hydrogen-bond donors (Lipinski definition) is 1. The summed E-state index contributed by atoms with van der Waals surface area (Å²) in [6, 6.07) is 28.8. The number of nitrogens with zero attached hydrogens (tertiary/aromatic N) is 2. The van der Waals surface area contributed by atoms with Crippen LogP contribution >= 0.6 is 0 Å². The molecule has 1 fully saturated rings. The first-order valence-electron chi connectivity index (χ1n) is 16.9. The minimum Gasteiger partial charge on any atom is -0.352 e. The standard InChI is InChI=1S/C40H47N3O4S/c1-29-15-20-34(21-16-29)27-42(38(26-33-11-7-5-8-12-33)40(45)41-35-13-9-6-10-14-35)39(44)28-43(36-22-19-31(3)32(4)25-36)48(46,47)37-23-17-30(2)18-24-37/h5,7-8,11-12,15-25,35,38H,6,9-10,13-14,26-28H2,1-4H3,(H,41,45)/t38-/m1/s1. The maximum atomic E-state index is 14.8. The zero-order valence-electron chi connectivity index (χ0n) is 28.5. The monoisotopic (exact) mass is 665 g/mol. The van der Waals surface area contributed by atoms with E-state index in [9.17, 15) is 18.0 Å². The Morgan fingerprint density at radius 1 is 0.750 bits per heavy atom. The van der Waals surface area contributed by atoms with E-state index in [0.717, 1.165) is 65.5 Å². The summed E-state index contributed by atoms with van der Waals surface area (Å²) in [5.74, 6) is -0.672. The second kappa shape index (κ2) is 15.6. The predicted octanol–water partition coefficient (Wildman–Crippen LogP) is 7.20. The molecule has 0 aliphatic heterocycles. The summed E-state index contributed by atoms with van der Waals surface area (Å²) in [5.41, 5.74) is 6.11. The molecule has 48 heavy (non-hydrogen) atoms. The highest BCUT2D eigenvalue weighted by Gasteiger charge is 2.35. The summed E-state index contributed by atoms with van der Waals surface area (Å²) in [5, 5.41) is 3.26. The number of amides is 2. The van der Waals surface area contributed by atoms with Crippen LogP contribution in [-0.4, -0.2) is 43.8 Å². The molecule has 4 aromatic rings. The van der Waals surface area contributed by atoms with E-state index in [-0.39, 0.29) is 23.4 Å². The Bertz CT molecular complexity index is 1800. The fourth-order valence-electron chi connectivity index (χ4n) is 6.24. The smallest absolute Gasteiger partial charge is 0.264 e. The average molecular weight is 666 g/mol. The number of nitrogens with one attached hydrogen (secondary N) is 1. The Morgan fingerprint density at radius 3 is 2.00 bits per heavy atom. The molecule has 0 radical (unpaired) electrons. The molecular formula is C40H47N3O4S. The number of hydrogen-bond acceptors (Lipinski definition) is 4. The van der Waals surface area contributed by atoms with Gasteiger partial charge in [-0.05, 0) is 87.1 Å². The third-order valence-electron chi connectivity index (χ3n) is 9.36. The molecule has 0 bridgehead atoms. The van der Waals surface area contributed by atoms with E-state index < -0.39 is 28.5 Å². The van der Waals surface area contributed by atoms with E-state index in [1.165, 1.54) is 4.31 Å². The van der Waals surface area contributed by atoms with E-state index >= 15 is 0 Å². The van der Waals surface area contributed by atoms with Crippen LogP contribution < -0.4 is 9.62 Å². The minimum atomic E-state index is -4.15. The van der Waals surface area contributed by atoms with Crippen molar-refractivity contribution in [2.75, 3.05) is 10.8 Å². The van der Waals surface area contributed by atoms with Crippen molar-refractivity contribution in [3.63, 3.8) is 0 Å². The number of rotatable bonds is 12. The largest absolute Gasteiger partial charge is 0.352 e. The summed E-state index contributed by atoms with van der Waals surface area (Å²) < 4.78 is 29.8. The lowest BCUT2D eigenvalue weighted by Crippen LogP contribution is -2.55. The zero-order valence-corrected chi connectivity index (χ0v) is 29.3. The van der Waals surface area contributed by atoms with E-state index in [4.69, 9.17) is 0 Å². The molecule has 0 unspecified atom stereocenters. The zero-order chi connectivity index (χ0) is 34.3. The van der Waals surface area contributed by atoms with Gasteiger partial charge in [0.25, 0.3) is 10.0 Å². The van der Waals surface area contributed by atoms with Gasteiger partial charge in [-0.1, -0.05) is 103 Å². The topological polar surface area (TPSA) is 86.8 Å². The van der Waals surface area contributed by atoms with Crippen LogP contribution in [0.5, 0.6) is 0 Å². The van der Waals surface area contributed by atoms with Crippen LogP contribution in [0.2, 0.25) is 0 Å². The van der Waals surface area contributed by atoms with Gasteiger partial charge >= 0.3 is 0 Å². The number of anilines is 1. The fraction of sp³-hybridized carbons (Fsp3) is 0.350. The Hall–Kier alpha value is -4.43. The molecule has 0 spiro atoms. The van der Waals surface area contributed by atoms with Gasteiger partial charge in [0.05, 0.1) is 10.6 Å². The van der Waals surface area contributed by atoms with Gasteiger partial charge in [-0.25, -0.2) is 8.42 Å². The van der Waals surface area contributed by atoms with Gasteiger partial charge in [0, 0.05) is 19.0 Å². The third-order valence-corrected chi connectivity index (χ3v) is 11.2. The molecular weight excluding hydrogens is 619 g/mol. The van der Waals surface area contributed by atoms with Crippen molar-refractivity contribution in [2.24, 2.45) is 0 Å². The van der Waals surface area contributed by atoms with Crippen molar-refractivity contribution in [1.29, 1.82) is 0 Å². The lowest BCUT2D eigenvalue weighted by Gasteiger charge is -2.35. The number of benzene rings is 4. The molecule has 0 heterocycles. The predicted molar refractivity (Wildman–Crippen MR) is 192 cm³/mol. The number of carbonyl (C=O) groups excluding carboxylic acids is 2. The summed E-state index contributed by atoms with van der Waals surface area (Å²) >= 11 is 0. The van der Waals surface area contributed by atoms with Crippen LogP contribution in [-0.2, 0) is 32.6 Å². The Kier molecular flexibility index (Phi) is 11.4. The Morgan fingerprint density at radius 2 is 1.38 bits per heavy atom. The molecule has 1 aliphatic carbocycles. The van der Waals surface area contributed by atoms with Crippen molar-refractivity contribution in [2.45, 2.75) is 89.7 Å². The quantitative estimate of drug-likeness (QED) is 0.173. The van der Waals surface area contributed by atoms with Gasteiger partial charge in [0.2, 0.25) is 11.8 Å². The molecule has 1 atom stereocenters. The summed E-state index contributed by atoms with van der Waals surface area (Å²) in [7, 11) is -4.15. The molecule has 252 valence electrons. The fourth-order valence-corrected chi connectivity index (χ4v) is 7.64. The number of sulfonamides is 1. The second-order valence-corrected chi connectivity index (χ2v) is 15.0. The summed E-state index contributed by atoms with van der Waals surface area (Å²) in [6.07, 6.45) is 5.38. The van der Waals surface area contributed by atoms with Gasteiger partial charge in [-0.2, -0.15) is 0 Å². The Labute approximate surface area is 286 Å². The first-order valence-corrected chi connectivity index (χ1v) is 18.3. The number of aryl methyl sites for hydroxylation is 4. The second-order valence-electron chi connectivity index (χ2n) is 13.1. The maximum Gasteiger partial charge on any atom is 0.264 e. The van der Waals surface area contributed by atoms with Gasteiger partial charge < -0.3 is 10.2 Å². The Balaban J connectivity index is 1.57. The van der Waals surface area contributed by atoms with Crippen molar-refractivity contribution in [1.82, 2.24) is 10.2 Å². The summed E-state index contributed by atoms with van der Waals surface area (Å²) in [4.78, 5) is 30.7. The van der Waals surface area contributed by atoms with E-state index in [1.54, 1.807) is 41.3 Å². The first kappa shape index (κ1) is 34.9. The normalized spacial score (nSPS) is 14.2. The molecule has 1 aliphatic rings. The van der Waals surface area contributed by atoms with Gasteiger partial charge in [-0.3, -0.25) is 13.9 Å². The van der Waals surface area contributed by atoms with Crippen LogP contribution in [0.15, 0.2) is 102 Å². The lowest BCUT2D eigenvalue weighted by molar-refractivity contribution is -0.140. The van der Waals surface area contributed by atoms with Gasteiger partial charge in [0.1, 0.15) is 12.6 Å². The molecule has 2 amide bonds. The van der Waals surface area contributed by atoms with Crippen molar-refractivity contribution >= 4 is 27.5 Å². The van der Waals surface area contributed by atoms with E-state index in [1.807, 2.05) is 88.4 Å². The van der Waals surface area contributed by atoms with Crippen molar-refractivity contribution < 1.29 is 18.0 Å². The molecule has 5 rings (SSSR count). The highest BCUT2D eigenvalue weighted by atomic mass is 32.2. The molecule has 4 aromatic carbocycles. The molecule has 0 aromatic heterocycles. The average Bonchev–Trinajstić information content (AvgIpc) is 3.08. The van der Waals surface area contributed by atoms with E-state index in [2.05, 4.69) is 5.32 Å². The van der Waals surface area contributed by atoms with Crippen LogP contribution in [0.3, 0.4) is 0 Å².